The van der Waals surface area contributed by atoms with E-state index >= 15 is 0 Å². The van der Waals surface area contributed by atoms with E-state index in [0.29, 0.717) is 35.2 Å². The van der Waals surface area contributed by atoms with Gasteiger partial charge < -0.3 is 23.7 Å². The Bertz CT molecular complexity index is 795. The Morgan fingerprint density at radius 2 is 1.97 bits per heavy atom. The van der Waals surface area contributed by atoms with Gasteiger partial charge in [-0.05, 0) is 57.8 Å². The Hall–Kier alpha value is -1.44. The number of carbonyl (C=O) groups excluding carboxylic acids is 1. The van der Waals surface area contributed by atoms with Gasteiger partial charge in [-0.1, -0.05) is 12.8 Å². The van der Waals surface area contributed by atoms with Gasteiger partial charge in [-0.25, -0.2) is 4.79 Å². The molecule has 4 atom stereocenters. The number of thioether (sulfide) groups is 1. The smallest absolute Gasteiger partial charge is 0.342 e. The van der Waals surface area contributed by atoms with Gasteiger partial charge in [-0.2, -0.15) is 0 Å². The SMILES string of the molecule is COc1cc(OCSC)cc2c1C(=O)OC2CCCCCC1CCCC2(CCC(C)O2)O1. The minimum Gasteiger partial charge on any atom is -0.496 e. The third-order valence-corrected chi connectivity index (χ3v) is 7.13. The molecular weight excluding hydrogens is 428 g/mol. The molecule has 4 unspecified atom stereocenters. The zero-order chi connectivity index (χ0) is 22.6. The number of ether oxygens (including phenoxy) is 5. The maximum atomic E-state index is 12.4. The first-order chi connectivity index (χ1) is 15.5. The Kier molecular flexibility index (Phi) is 7.90. The molecule has 6 nitrogen and oxygen atoms in total. The van der Waals surface area contributed by atoms with Crippen LogP contribution in [-0.4, -0.2) is 43.3 Å². The van der Waals surface area contributed by atoms with Crippen LogP contribution < -0.4 is 9.47 Å². The van der Waals surface area contributed by atoms with Crippen molar-refractivity contribution in [1.82, 2.24) is 0 Å². The monoisotopic (exact) mass is 464 g/mol. The van der Waals surface area contributed by atoms with E-state index in [4.69, 9.17) is 23.7 Å². The zero-order valence-electron chi connectivity index (χ0n) is 19.5. The molecule has 7 heteroatoms. The van der Waals surface area contributed by atoms with Gasteiger partial charge in [0.25, 0.3) is 0 Å². The van der Waals surface area contributed by atoms with E-state index in [1.165, 1.54) is 6.42 Å². The van der Waals surface area contributed by atoms with Crippen LogP contribution in [0.5, 0.6) is 11.5 Å². The maximum absolute atomic E-state index is 12.4. The molecule has 0 aliphatic carbocycles. The number of esters is 1. The highest BCUT2D eigenvalue weighted by atomic mass is 32.2. The fourth-order valence-corrected chi connectivity index (χ4v) is 5.46. The molecule has 3 aliphatic heterocycles. The van der Waals surface area contributed by atoms with Gasteiger partial charge >= 0.3 is 5.97 Å². The number of fused-ring (bicyclic) bond motifs is 1. The average Bonchev–Trinajstić information content (AvgIpc) is 3.30. The number of rotatable bonds is 10. The van der Waals surface area contributed by atoms with Crippen LogP contribution in [0.15, 0.2) is 12.1 Å². The summed E-state index contributed by atoms with van der Waals surface area (Å²) in [4.78, 5) is 12.4. The van der Waals surface area contributed by atoms with Crippen molar-refractivity contribution in [3.63, 3.8) is 0 Å². The number of cyclic esters (lactones) is 1. The fourth-order valence-electron chi connectivity index (χ4n) is 5.20. The summed E-state index contributed by atoms with van der Waals surface area (Å²) in [5, 5.41) is 0. The summed E-state index contributed by atoms with van der Waals surface area (Å²) < 4.78 is 29.4. The van der Waals surface area contributed by atoms with E-state index in [2.05, 4.69) is 6.92 Å². The van der Waals surface area contributed by atoms with Crippen molar-refractivity contribution >= 4 is 17.7 Å². The molecule has 1 aromatic carbocycles. The summed E-state index contributed by atoms with van der Waals surface area (Å²) in [5.74, 6) is 1.18. The summed E-state index contributed by atoms with van der Waals surface area (Å²) >= 11 is 1.60. The predicted molar refractivity (Wildman–Crippen MR) is 124 cm³/mol. The summed E-state index contributed by atoms with van der Waals surface area (Å²) in [6.07, 6.45) is 12.9. The maximum Gasteiger partial charge on any atom is 0.342 e. The Morgan fingerprint density at radius 3 is 2.72 bits per heavy atom. The average molecular weight is 465 g/mol. The van der Waals surface area contributed by atoms with Crippen LogP contribution in [0, 0.1) is 0 Å². The quantitative estimate of drug-likeness (QED) is 0.238. The van der Waals surface area contributed by atoms with E-state index in [0.717, 1.165) is 63.4 Å². The van der Waals surface area contributed by atoms with Crippen molar-refractivity contribution in [2.45, 2.75) is 95.2 Å². The van der Waals surface area contributed by atoms with Crippen LogP contribution in [0.2, 0.25) is 0 Å². The van der Waals surface area contributed by atoms with Gasteiger partial charge in [0, 0.05) is 24.5 Å². The zero-order valence-corrected chi connectivity index (χ0v) is 20.3. The van der Waals surface area contributed by atoms with Crippen LogP contribution in [0.1, 0.15) is 93.2 Å². The first-order valence-corrected chi connectivity index (χ1v) is 13.3. The number of carbonyl (C=O) groups is 1. The summed E-state index contributed by atoms with van der Waals surface area (Å²) in [5.41, 5.74) is 1.43. The molecule has 2 saturated heterocycles. The second-order valence-electron chi connectivity index (χ2n) is 9.18. The third-order valence-electron chi connectivity index (χ3n) is 6.78. The summed E-state index contributed by atoms with van der Waals surface area (Å²) in [7, 11) is 1.57. The highest BCUT2D eigenvalue weighted by molar-refractivity contribution is 7.98. The fraction of sp³-hybridized carbons (Fsp3) is 0.720. The minimum absolute atomic E-state index is 0.230. The Balaban J connectivity index is 1.26. The van der Waals surface area contributed by atoms with Gasteiger partial charge in [0.2, 0.25) is 0 Å². The number of unbranched alkanes of at least 4 members (excludes halogenated alkanes) is 2. The predicted octanol–water partition coefficient (Wildman–Crippen LogP) is 6.02. The van der Waals surface area contributed by atoms with E-state index < -0.39 is 0 Å². The molecule has 1 spiro atoms. The molecule has 4 rings (SSSR count). The summed E-state index contributed by atoms with van der Waals surface area (Å²) in [6, 6.07) is 3.70. The van der Waals surface area contributed by atoms with Crippen LogP contribution in [0.3, 0.4) is 0 Å². The molecule has 3 aliphatic rings. The lowest BCUT2D eigenvalue weighted by Crippen LogP contribution is -2.40. The number of hydrogen-bond donors (Lipinski definition) is 0. The van der Waals surface area contributed by atoms with E-state index in [1.54, 1.807) is 24.9 Å². The lowest BCUT2D eigenvalue weighted by atomic mass is 9.95. The minimum atomic E-state index is -0.306. The molecule has 0 radical (unpaired) electrons. The number of methoxy groups -OCH3 is 1. The van der Waals surface area contributed by atoms with E-state index in [-0.39, 0.29) is 17.9 Å². The summed E-state index contributed by atoms with van der Waals surface area (Å²) in [6.45, 7) is 2.14. The van der Waals surface area contributed by atoms with Crippen LogP contribution in [-0.2, 0) is 14.2 Å². The molecule has 1 aromatic rings. The molecule has 3 heterocycles. The second kappa shape index (κ2) is 10.7. The molecule has 0 saturated carbocycles. The highest BCUT2D eigenvalue weighted by Gasteiger charge is 2.43. The van der Waals surface area contributed by atoms with Gasteiger partial charge in [-0.3, -0.25) is 0 Å². The molecule has 0 N–H and O–H groups in total. The lowest BCUT2D eigenvalue weighted by molar-refractivity contribution is -0.269. The first-order valence-electron chi connectivity index (χ1n) is 11.9. The van der Waals surface area contributed by atoms with Gasteiger partial charge in [0.05, 0.1) is 19.3 Å². The standard InChI is InChI=1S/C25H36O6S/c1-17-11-13-25(30-17)12-7-9-18(31-25)8-5-4-6-10-21-20-14-19(28-16-32-3)15-22(27-2)23(20)24(26)29-21/h14-15,17-18,21H,4-13,16H2,1-3H3. The lowest BCUT2D eigenvalue weighted by Gasteiger charge is -2.38. The molecule has 178 valence electrons. The Labute approximate surface area is 195 Å². The normalized spacial score (nSPS) is 29.2. The van der Waals surface area contributed by atoms with Crippen molar-refractivity contribution in [1.29, 1.82) is 0 Å². The second-order valence-corrected chi connectivity index (χ2v) is 10.00. The van der Waals surface area contributed by atoms with Crippen molar-refractivity contribution in [3.8, 4) is 11.5 Å². The largest absolute Gasteiger partial charge is 0.496 e. The van der Waals surface area contributed by atoms with Gasteiger partial charge in [0.15, 0.2) is 5.79 Å². The van der Waals surface area contributed by atoms with Crippen molar-refractivity contribution in [2.75, 3.05) is 19.3 Å². The van der Waals surface area contributed by atoms with Crippen molar-refractivity contribution in [3.05, 3.63) is 23.3 Å². The molecule has 0 bridgehead atoms. The van der Waals surface area contributed by atoms with Crippen LogP contribution >= 0.6 is 11.8 Å². The third kappa shape index (κ3) is 5.37. The molecule has 0 amide bonds. The molecular formula is C25H36O6S. The van der Waals surface area contributed by atoms with Crippen LogP contribution in [0.4, 0.5) is 0 Å². The van der Waals surface area contributed by atoms with Crippen LogP contribution in [0.25, 0.3) is 0 Å². The van der Waals surface area contributed by atoms with Gasteiger partial charge in [0.1, 0.15) is 29.1 Å². The van der Waals surface area contributed by atoms with Gasteiger partial charge in [-0.15, -0.1) is 11.8 Å². The van der Waals surface area contributed by atoms with Crippen molar-refractivity contribution in [2.24, 2.45) is 0 Å². The number of benzene rings is 1. The molecule has 0 aromatic heterocycles. The highest BCUT2D eigenvalue weighted by Crippen LogP contribution is 2.43. The van der Waals surface area contributed by atoms with Crippen molar-refractivity contribution < 1.29 is 28.5 Å². The van der Waals surface area contributed by atoms with E-state index in [1.807, 2.05) is 12.3 Å². The topological polar surface area (TPSA) is 63.2 Å². The van der Waals surface area contributed by atoms with E-state index in [9.17, 15) is 4.79 Å². The first kappa shape index (κ1) is 23.7. The molecule has 2 fully saturated rings. The Morgan fingerprint density at radius 1 is 1.12 bits per heavy atom. The number of hydrogen-bond acceptors (Lipinski definition) is 7. The molecule has 32 heavy (non-hydrogen) atoms.